The summed E-state index contributed by atoms with van der Waals surface area (Å²) >= 11 is 0. The second-order valence-corrected chi connectivity index (χ2v) is 10.1. The number of fused-ring (bicyclic) bond motifs is 3. The summed E-state index contributed by atoms with van der Waals surface area (Å²) in [6.07, 6.45) is 6.09. The van der Waals surface area contributed by atoms with E-state index in [1.807, 2.05) is 35.2 Å². The van der Waals surface area contributed by atoms with Gasteiger partial charge in [0.2, 0.25) is 5.95 Å². The van der Waals surface area contributed by atoms with Crippen LogP contribution in [-0.4, -0.2) is 56.1 Å². The summed E-state index contributed by atoms with van der Waals surface area (Å²) in [5.74, 6) is 2.46. The highest BCUT2D eigenvalue weighted by Crippen LogP contribution is 2.35. The highest BCUT2D eigenvalue weighted by atomic mass is 16.2. The van der Waals surface area contributed by atoms with Crippen LogP contribution in [0.1, 0.15) is 66.7 Å². The molecule has 2 aromatic carbocycles. The molecular formula is C28H32N6O. The van der Waals surface area contributed by atoms with E-state index >= 15 is 0 Å². The fraction of sp³-hybridized carbons (Fsp3) is 0.429. The summed E-state index contributed by atoms with van der Waals surface area (Å²) in [5.41, 5.74) is 3.77. The van der Waals surface area contributed by atoms with E-state index in [9.17, 15) is 4.79 Å². The van der Waals surface area contributed by atoms with Crippen molar-refractivity contribution in [3.05, 3.63) is 65.5 Å². The lowest BCUT2D eigenvalue weighted by molar-refractivity contribution is 0.0673. The van der Waals surface area contributed by atoms with Gasteiger partial charge in [0, 0.05) is 42.5 Å². The highest BCUT2D eigenvalue weighted by Gasteiger charge is 2.32. The fourth-order valence-electron chi connectivity index (χ4n) is 5.78. The Morgan fingerprint density at radius 2 is 1.77 bits per heavy atom. The highest BCUT2D eigenvalue weighted by molar-refractivity contribution is 5.95. The summed E-state index contributed by atoms with van der Waals surface area (Å²) in [6, 6.07) is 16.0. The Hall–Kier alpha value is -3.48. The minimum absolute atomic E-state index is 0.0663. The predicted octanol–water partition coefficient (Wildman–Crippen LogP) is 4.98. The maximum absolute atomic E-state index is 13.2. The van der Waals surface area contributed by atoms with Crippen molar-refractivity contribution in [1.29, 1.82) is 0 Å². The van der Waals surface area contributed by atoms with Gasteiger partial charge in [-0.3, -0.25) is 4.79 Å². The van der Waals surface area contributed by atoms with Gasteiger partial charge in [0.05, 0.1) is 5.52 Å². The number of carbonyl (C=O) groups excluding carboxylic acids is 1. The predicted molar refractivity (Wildman–Crippen MR) is 138 cm³/mol. The van der Waals surface area contributed by atoms with Crippen molar-refractivity contribution in [2.75, 3.05) is 24.5 Å². The van der Waals surface area contributed by atoms with Crippen LogP contribution in [0.2, 0.25) is 0 Å². The Morgan fingerprint density at radius 1 is 0.971 bits per heavy atom. The van der Waals surface area contributed by atoms with E-state index in [2.05, 4.69) is 41.3 Å². The van der Waals surface area contributed by atoms with Crippen LogP contribution < -0.4 is 4.90 Å². The van der Waals surface area contributed by atoms with E-state index < -0.39 is 0 Å². The Balaban J connectivity index is 1.39. The first kappa shape index (κ1) is 22.0. The monoisotopic (exact) mass is 468 g/mol. The third-order valence-corrected chi connectivity index (χ3v) is 7.66. The van der Waals surface area contributed by atoms with Crippen LogP contribution in [-0.2, 0) is 0 Å². The molecule has 1 unspecified atom stereocenters. The van der Waals surface area contributed by atoms with Crippen LogP contribution in [0.5, 0.6) is 0 Å². The van der Waals surface area contributed by atoms with Crippen LogP contribution in [0.15, 0.2) is 48.5 Å². The second kappa shape index (κ2) is 8.95. The van der Waals surface area contributed by atoms with Crippen LogP contribution in [0.25, 0.3) is 16.6 Å². The summed E-state index contributed by atoms with van der Waals surface area (Å²) in [4.78, 5) is 22.6. The average molecular weight is 469 g/mol. The van der Waals surface area contributed by atoms with Gasteiger partial charge in [0.25, 0.3) is 5.91 Å². The van der Waals surface area contributed by atoms with Gasteiger partial charge in [-0.1, -0.05) is 49.1 Å². The maximum Gasteiger partial charge on any atom is 0.254 e. The molecule has 2 aromatic heterocycles. The van der Waals surface area contributed by atoms with Crippen molar-refractivity contribution in [3.63, 3.8) is 0 Å². The molecule has 180 valence electrons. The zero-order chi connectivity index (χ0) is 23.9. The lowest BCUT2D eigenvalue weighted by atomic mass is 9.89. The number of hydrogen-bond donors (Lipinski definition) is 0. The summed E-state index contributed by atoms with van der Waals surface area (Å²) in [7, 11) is 0. The van der Waals surface area contributed by atoms with E-state index in [0.29, 0.717) is 12.5 Å². The number of hydrogen-bond acceptors (Lipinski definition) is 5. The zero-order valence-corrected chi connectivity index (χ0v) is 20.5. The van der Waals surface area contributed by atoms with Gasteiger partial charge < -0.3 is 9.80 Å². The minimum Gasteiger partial charge on any atom is -0.338 e. The average Bonchev–Trinajstić information content (AvgIpc) is 3.35. The number of aromatic nitrogens is 4. The number of carbonyl (C=O) groups is 1. The van der Waals surface area contributed by atoms with Crippen molar-refractivity contribution in [3.8, 4) is 0 Å². The quantitative estimate of drug-likeness (QED) is 0.424. The topological polar surface area (TPSA) is 66.6 Å². The van der Waals surface area contributed by atoms with Gasteiger partial charge in [-0.05, 0) is 51.0 Å². The third-order valence-electron chi connectivity index (χ3n) is 7.66. The van der Waals surface area contributed by atoms with Crippen molar-refractivity contribution < 1.29 is 4.79 Å². The number of rotatable bonds is 3. The SMILES string of the molecule is Cc1ccc2nc(N3CCN(C(=O)c4ccccc4)C(C)C3)n3c(C4CCCCC4)nnc3c2c1. The summed E-state index contributed by atoms with van der Waals surface area (Å²) < 4.78 is 2.22. The van der Waals surface area contributed by atoms with Crippen molar-refractivity contribution in [2.45, 2.75) is 57.9 Å². The van der Waals surface area contributed by atoms with Crippen LogP contribution in [0.4, 0.5) is 5.95 Å². The molecule has 0 bridgehead atoms. The standard InChI is InChI=1S/C28H32N6O/c1-19-13-14-24-23(17-19)26-31-30-25(21-9-5-3-6-10-21)34(26)28(29-24)32-15-16-33(20(2)18-32)27(35)22-11-7-4-8-12-22/h4,7-8,11-14,17,20-21H,3,5-6,9-10,15-16,18H2,1-2H3. The van der Waals surface area contributed by atoms with Gasteiger partial charge in [0.1, 0.15) is 5.82 Å². The molecule has 0 spiro atoms. The number of piperazine rings is 1. The smallest absolute Gasteiger partial charge is 0.254 e. The molecular weight excluding hydrogens is 436 g/mol. The van der Waals surface area contributed by atoms with Gasteiger partial charge in [0.15, 0.2) is 5.65 Å². The van der Waals surface area contributed by atoms with Gasteiger partial charge in [-0.15, -0.1) is 10.2 Å². The molecule has 1 atom stereocenters. The molecule has 2 fully saturated rings. The molecule has 2 aliphatic rings. The van der Waals surface area contributed by atoms with E-state index in [1.54, 1.807) is 0 Å². The lowest BCUT2D eigenvalue weighted by Crippen LogP contribution is -2.54. The number of benzene rings is 2. The van der Waals surface area contributed by atoms with Gasteiger partial charge in [-0.2, -0.15) is 0 Å². The fourth-order valence-corrected chi connectivity index (χ4v) is 5.78. The van der Waals surface area contributed by atoms with Crippen molar-refractivity contribution >= 4 is 28.4 Å². The molecule has 7 nitrogen and oxygen atoms in total. The minimum atomic E-state index is 0.0663. The zero-order valence-electron chi connectivity index (χ0n) is 20.5. The van der Waals surface area contributed by atoms with Crippen LogP contribution in [0, 0.1) is 6.92 Å². The first-order valence-corrected chi connectivity index (χ1v) is 12.9. The molecule has 1 aliphatic heterocycles. The largest absolute Gasteiger partial charge is 0.338 e. The molecule has 0 radical (unpaired) electrons. The Morgan fingerprint density at radius 3 is 2.54 bits per heavy atom. The molecule has 6 rings (SSSR count). The Kier molecular flexibility index (Phi) is 5.63. The Labute approximate surface area is 205 Å². The third kappa shape index (κ3) is 3.93. The van der Waals surface area contributed by atoms with Crippen molar-refractivity contribution in [2.24, 2.45) is 0 Å². The summed E-state index contributed by atoms with van der Waals surface area (Å²) in [6.45, 7) is 6.34. The maximum atomic E-state index is 13.2. The normalized spacial score (nSPS) is 19.5. The molecule has 35 heavy (non-hydrogen) atoms. The van der Waals surface area contributed by atoms with Crippen molar-refractivity contribution in [1.82, 2.24) is 24.5 Å². The number of amides is 1. The molecule has 4 aromatic rings. The molecule has 1 aliphatic carbocycles. The number of nitrogens with zero attached hydrogens (tertiary/aromatic N) is 6. The summed E-state index contributed by atoms with van der Waals surface area (Å²) in [5, 5.41) is 10.5. The first-order valence-electron chi connectivity index (χ1n) is 12.9. The molecule has 3 heterocycles. The molecule has 1 saturated heterocycles. The van der Waals surface area contributed by atoms with Crippen LogP contribution in [0.3, 0.4) is 0 Å². The van der Waals surface area contributed by atoms with E-state index in [-0.39, 0.29) is 11.9 Å². The molecule has 1 saturated carbocycles. The van der Waals surface area contributed by atoms with E-state index in [0.717, 1.165) is 59.8 Å². The van der Waals surface area contributed by atoms with E-state index in [1.165, 1.54) is 24.8 Å². The molecule has 1 amide bonds. The number of anilines is 1. The lowest BCUT2D eigenvalue weighted by Gasteiger charge is -2.40. The number of aryl methyl sites for hydroxylation is 1. The van der Waals surface area contributed by atoms with E-state index in [4.69, 9.17) is 15.2 Å². The van der Waals surface area contributed by atoms with Crippen LogP contribution >= 0.6 is 0 Å². The molecule has 7 heteroatoms. The Bertz CT molecular complexity index is 1370. The first-order chi connectivity index (χ1) is 17.1. The molecule has 0 N–H and O–H groups in total. The van der Waals surface area contributed by atoms with Gasteiger partial charge >= 0.3 is 0 Å². The van der Waals surface area contributed by atoms with Gasteiger partial charge in [-0.25, -0.2) is 9.38 Å². The second-order valence-electron chi connectivity index (χ2n) is 10.1.